The highest BCUT2D eigenvalue weighted by Crippen LogP contribution is 2.34. The molecule has 0 bridgehead atoms. The van der Waals surface area contributed by atoms with E-state index in [0.29, 0.717) is 43.8 Å². The Balaban J connectivity index is 2.03. The molecule has 1 aliphatic rings. The van der Waals surface area contributed by atoms with Crippen molar-refractivity contribution in [2.24, 2.45) is 0 Å². The molecule has 0 aromatic carbocycles. The van der Waals surface area contributed by atoms with Crippen LogP contribution in [0, 0.1) is 11.3 Å². The molecule has 1 aliphatic heterocycles. The van der Waals surface area contributed by atoms with Gasteiger partial charge in [0.2, 0.25) is 0 Å². The molecule has 23 heavy (non-hydrogen) atoms. The van der Waals surface area contributed by atoms with Gasteiger partial charge >= 0.3 is 6.09 Å². The second-order valence-corrected chi connectivity index (χ2v) is 5.74. The van der Waals surface area contributed by atoms with Gasteiger partial charge in [0.05, 0.1) is 18.4 Å². The molecule has 1 amide bonds. The molecule has 2 heterocycles. The molecule has 0 spiro atoms. The summed E-state index contributed by atoms with van der Waals surface area (Å²) in [6.45, 7) is 3.37. The molecule has 1 fully saturated rings. The number of piperidine rings is 1. The van der Waals surface area contributed by atoms with Gasteiger partial charge in [-0.2, -0.15) is 5.26 Å². The van der Waals surface area contributed by atoms with E-state index in [4.69, 9.17) is 4.74 Å². The molecule has 6 heteroatoms. The van der Waals surface area contributed by atoms with E-state index in [1.54, 1.807) is 23.2 Å². The Morgan fingerprint density at radius 1 is 1.52 bits per heavy atom. The summed E-state index contributed by atoms with van der Waals surface area (Å²) in [5.41, 5.74) is 0.355. The quantitative estimate of drug-likeness (QED) is 0.616. The molecule has 122 valence electrons. The number of hydrogen-bond donors (Lipinski definition) is 0. The zero-order valence-electron chi connectivity index (χ0n) is 13.3. The van der Waals surface area contributed by atoms with Crippen LogP contribution >= 0.6 is 0 Å². The molecule has 0 radical (unpaired) electrons. The van der Waals surface area contributed by atoms with E-state index < -0.39 is 5.41 Å². The Kier molecular flexibility index (Phi) is 5.69. The van der Waals surface area contributed by atoms with E-state index in [-0.39, 0.29) is 6.09 Å². The van der Waals surface area contributed by atoms with Crippen molar-refractivity contribution in [1.29, 1.82) is 5.26 Å². The van der Waals surface area contributed by atoms with Crippen LogP contribution in [0.15, 0.2) is 18.3 Å². The highest BCUT2D eigenvalue weighted by Gasteiger charge is 2.39. The normalized spacial score (nSPS) is 16.4. The zero-order chi connectivity index (χ0) is 16.7. The number of pyridine rings is 1. The number of rotatable bonds is 5. The maximum atomic E-state index is 12.0. The van der Waals surface area contributed by atoms with Crippen molar-refractivity contribution < 1.29 is 14.3 Å². The molecule has 0 unspecified atom stereocenters. The first-order valence-corrected chi connectivity index (χ1v) is 7.90. The lowest BCUT2D eigenvalue weighted by Crippen LogP contribution is -2.45. The van der Waals surface area contributed by atoms with Crippen molar-refractivity contribution in [3.8, 4) is 6.07 Å². The lowest BCUT2D eigenvalue weighted by Gasteiger charge is -2.36. The van der Waals surface area contributed by atoms with E-state index in [1.807, 2.05) is 6.92 Å². The van der Waals surface area contributed by atoms with E-state index >= 15 is 0 Å². The lowest BCUT2D eigenvalue weighted by molar-refractivity contribution is 0.0866. The Morgan fingerprint density at radius 3 is 2.87 bits per heavy atom. The molecule has 2 rings (SSSR count). The van der Waals surface area contributed by atoms with Crippen molar-refractivity contribution in [1.82, 2.24) is 9.88 Å². The monoisotopic (exact) mass is 315 g/mol. The number of aldehydes is 1. The summed E-state index contributed by atoms with van der Waals surface area (Å²) in [6, 6.07) is 5.61. The van der Waals surface area contributed by atoms with E-state index in [9.17, 15) is 14.9 Å². The summed E-state index contributed by atoms with van der Waals surface area (Å²) in [5.74, 6) is 0. The minimum atomic E-state index is -0.751. The van der Waals surface area contributed by atoms with Crippen LogP contribution in [-0.4, -0.2) is 42.0 Å². The zero-order valence-corrected chi connectivity index (χ0v) is 13.3. The van der Waals surface area contributed by atoms with Crippen LogP contribution in [0.3, 0.4) is 0 Å². The van der Waals surface area contributed by atoms with Crippen molar-refractivity contribution in [2.75, 3.05) is 19.7 Å². The summed E-state index contributed by atoms with van der Waals surface area (Å²) < 4.78 is 5.21. The van der Waals surface area contributed by atoms with Gasteiger partial charge in [0, 0.05) is 24.8 Å². The Bertz CT molecular complexity index is 601. The minimum absolute atomic E-state index is 0.320. The summed E-state index contributed by atoms with van der Waals surface area (Å²) >= 11 is 0. The van der Waals surface area contributed by atoms with Gasteiger partial charge in [0.15, 0.2) is 0 Å². The molecular formula is C17H21N3O3. The van der Waals surface area contributed by atoms with E-state index in [2.05, 4.69) is 11.1 Å². The van der Waals surface area contributed by atoms with E-state index in [1.165, 1.54) is 0 Å². The van der Waals surface area contributed by atoms with Gasteiger partial charge in [-0.1, -0.05) is 13.3 Å². The van der Waals surface area contributed by atoms with Crippen molar-refractivity contribution in [3.05, 3.63) is 29.6 Å². The topological polar surface area (TPSA) is 83.3 Å². The molecule has 0 saturated carbocycles. The first kappa shape index (κ1) is 16.9. The van der Waals surface area contributed by atoms with Gasteiger partial charge in [-0.25, -0.2) is 4.79 Å². The SMILES string of the molecule is CCCCOC(=O)N1CCC(C#N)(c2cc(C=O)ccn2)CC1. The fraction of sp³-hybridized carbons (Fsp3) is 0.529. The number of nitriles is 1. The molecule has 0 N–H and O–H groups in total. The number of ether oxygens (including phenoxy) is 1. The predicted octanol–water partition coefficient (Wildman–Crippen LogP) is 2.69. The van der Waals surface area contributed by atoms with Crippen LogP contribution in [-0.2, 0) is 10.2 Å². The Morgan fingerprint density at radius 2 is 2.26 bits per heavy atom. The highest BCUT2D eigenvalue weighted by atomic mass is 16.6. The molecule has 0 atom stereocenters. The van der Waals surface area contributed by atoms with Crippen LogP contribution in [0.2, 0.25) is 0 Å². The fourth-order valence-corrected chi connectivity index (χ4v) is 2.67. The third-order valence-electron chi connectivity index (χ3n) is 4.22. The van der Waals surface area contributed by atoms with Crippen LogP contribution in [0.1, 0.15) is 48.7 Å². The Hall–Kier alpha value is -2.42. The summed E-state index contributed by atoms with van der Waals surface area (Å²) in [4.78, 5) is 28.8. The van der Waals surface area contributed by atoms with Crippen LogP contribution < -0.4 is 0 Å². The lowest BCUT2D eigenvalue weighted by atomic mass is 9.76. The summed E-state index contributed by atoms with van der Waals surface area (Å²) in [7, 11) is 0. The molecule has 6 nitrogen and oxygen atoms in total. The van der Waals surface area contributed by atoms with E-state index in [0.717, 1.165) is 19.1 Å². The van der Waals surface area contributed by atoms with Crippen molar-refractivity contribution >= 4 is 12.4 Å². The van der Waals surface area contributed by atoms with Gasteiger partial charge in [0.1, 0.15) is 11.7 Å². The predicted molar refractivity (Wildman–Crippen MR) is 84.0 cm³/mol. The maximum Gasteiger partial charge on any atom is 0.409 e. The molecule has 0 aliphatic carbocycles. The van der Waals surface area contributed by atoms with Crippen LogP contribution in [0.4, 0.5) is 4.79 Å². The first-order valence-electron chi connectivity index (χ1n) is 7.90. The molecule has 1 saturated heterocycles. The summed E-state index contributed by atoms with van der Waals surface area (Å²) in [6.07, 6.45) is 4.77. The van der Waals surface area contributed by atoms with Gasteiger partial charge in [-0.05, 0) is 31.4 Å². The van der Waals surface area contributed by atoms with Crippen molar-refractivity contribution in [2.45, 2.75) is 38.0 Å². The van der Waals surface area contributed by atoms with Gasteiger partial charge < -0.3 is 9.64 Å². The second-order valence-electron chi connectivity index (χ2n) is 5.74. The van der Waals surface area contributed by atoms with Gasteiger partial charge in [-0.3, -0.25) is 9.78 Å². The summed E-state index contributed by atoms with van der Waals surface area (Å²) in [5, 5.41) is 9.64. The number of nitrogens with zero attached hydrogens (tertiary/aromatic N) is 3. The number of unbranched alkanes of at least 4 members (excludes halogenated alkanes) is 1. The number of amides is 1. The molecular weight excluding hydrogens is 294 g/mol. The van der Waals surface area contributed by atoms with Gasteiger partial charge in [-0.15, -0.1) is 0 Å². The number of carbonyl (C=O) groups is 2. The number of aromatic nitrogens is 1. The average Bonchev–Trinajstić information content (AvgIpc) is 2.62. The molecule has 1 aromatic heterocycles. The second kappa shape index (κ2) is 7.73. The fourth-order valence-electron chi connectivity index (χ4n) is 2.67. The highest BCUT2D eigenvalue weighted by molar-refractivity contribution is 5.74. The third kappa shape index (κ3) is 3.86. The Labute approximate surface area is 136 Å². The smallest absolute Gasteiger partial charge is 0.409 e. The van der Waals surface area contributed by atoms with Crippen LogP contribution in [0.5, 0.6) is 0 Å². The largest absolute Gasteiger partial charge is 0.449 e. The molecule has 1 aromatic rings. The minimum Gasteiger partial charge on any atom is -0.449 e. The standard InChI is InChI=1S/C17H21N3O3/c1-2-3-10-23-16(22)20-8-5-17(13-18,6-9-20)15-11-14(12-21)4-7-19-15/h4,7,11-12H,2-3,5-6,8-10H2,1H3. The number of hydrogen-bond acceptors (Lipinski definition) is 5. The number of likely N-dealkylation sites (tertiary alicyclic amines) is 1. The maximum absolute atomic E-state index is 12.0. The van der Waals surface area contributed by atoms with Crippen LogP contribution in [0.25, 0.3) is 0 Å². The van der Waals surface area contributed by atoms with Gasteiger partial charge in [0.25, 0.3) is 0 Å². The van der Waals surface area contributed by atoms with Crippen molar-refractivity contribution in [3.63, 3.8) is 0 Å². The average molecular weight is 315 g/mol. The third-order valence-corrected chi connectivity index (χ3v) is 4.22. The number of carbonyl (C=O) groups excluding carboxylic acids is 2. The first-order chi connectivity index (χ1) is 11.1.